The van der Waals surface area contributed by atoms with Gasteiger partial charge in [0, 0.05) is 20.0 Å². The summed E-state index contributed by atoms with van der Waals surface area (Å²) in [5, 5.41) is 0. The SMILES string of the molecule is CC/C=C\C/C=C\C/C=C\C/C=C\C/C=C\C/C=C\CCC(=O)OC(COC(=O)CCCCCCCCCCCCCCCCCCCCCC)COP(=O)(O)OC. The van der Waals surface area contributed by atoms with Crippen molar-refractivity contribution in [2.45, 2.75) is 206 Å². The van der Waals surface area contributed by atoms with Crippen LogP contribution in [0.15, 0.2) is 72.9 Å². The third-order valence-electron chi connectivity index (χ3n) is 9.73. The lowest BCUT2D eigenvalue weighted by atomic mass is 10.0. The van der Waals surface area contributed by atoms with E-state index in [-0.39, 0.29) is 25.4 Å². The van der Waals surface area contributed by atoms with Crippen molar-refractivity contribution in [1.29, 1.82) is 0 Å². The summed E-state index contributed by atoms with van der Waals surface area (Å²) in [5.74, 6) is -0.899. The lowest BCUT2D eigenvalue weighted by Gasteiger charge is -2.19. The Kier molecular flexibility index (Phi) is 42.1. The Balaban J connectivity index is 4.06. The Hall–Kier alpha value is -2.51. The van der Waals surface area contributed by atoms with E-state index in [0.717, 1.165) is 64.9 Å². The molecule has 2 atom stereocenters. The van der Waals surface area contributed by atoms with E-state index in [1.165, 1.54) is 109 Å². The Bertz CT molecular complexity index is 1170. The number of carbonyl (C=O) groups excluding carboxylic acids is 2. The van der Waals surface area contributed by atoms with Crippen LogP contribution in [0.3, 0.4) is 0 Å². The standard InChI is InChI=1S/C49H85O8P/c1-4-6-8-10-12-14-16-18-20-22-24-26-27-29-31-33-35-37-39-41-43-48(50)55-45-47(46-56-58(52,53)54-3)57-49(51)44-42-40-38-36-34-32-30-28-25-23-21-19-17-15-13-11-9-7-5-2/h7,9,13,15,19,21,25,28,32,34,38,40,47H,4-6,8,10-12,14,16-18,20,22-24,26-27,29-31,33,35-37,39,41-46H2,1-3H3,(H,52,53)/b9-7-,15-13-,21-19-,28-25-,34-32-,40-38-. The summed E-state index contributed by atoms with van der Waals surface area (Å²) in [6.45, 7) is 3.73. The van der Waals surface area contributed by atoms with Gasteiger partial charge in [0.05, 0.1) is 6.61 Å². The second kappa shape index (κ2) is 44.1. The van der Waals surface area contributed by atoms with Gasteiger partial charge in [0.2, 0.25) is 0 Å². The van der Waals surface area contributed by atoms with Gasteiger partial charge in [-0.25, -0.2) is 4.57 Å². The predicted octanol–water partition coefficient (Wildman–Crippen LogP) is 14.9. The van der Waals surface area contributed by atoms with E-state index in [1.54, 1.807) is 0 Å². The first kappa shape index (κ1) is 55.5. The molecule has 334 valence electrons. The monoisotopic (exact) mass is 833 g/mol. The third kappa shape index (κ3) is 43.1. The molecule has 0 aromatic rings. The smallest absolute Gasteiger partial charge is 0.462 e. The van der Waals surface area contributed by atoms with Crippen LogP contribution in [0, 0.1) is 0 Å². The third-order valence-corrected chi connectivity index (χ3v) is 10.7. The number of rotatable bonds is 42. The molecule has 1 N–H and O–H groups in total. The molecular formula is C49H85O8P. The van der Waals surface area contributed by atoms with E-state index in [9.17, 15) is 19.0 Å². The average Bonchev–Trinajstić information content (AvgIpc) is 3.21. The van der Waals surface area contributed by atoms with Crippen molar-refractivity contribution in [1.82, 2.24) is 0 Å². The molecular weight excluding hydrogens is 748 g/mol. The number of phosphoric ester groups is 1. The molecule has 0 amide bonds. The van der Waals surface area contributed by atoms with Crippen molar-refractivity contribution in [3.63, 3.8) is 0 Å². The molecule has 9 heteroatoms. The van der Waals surface area contributed by atoms with Crippen LogP contribution in [0.5, 0.6) is 0 Å². The molecule has 0 heterocycles. The van der Waals surface area contributed by atoms with Crippen LogP contribution >= 0.6 is 7.82 Å². The van der Waals surface area contributed by atoms with E-state index < -0.39 is 26.5 Å². The quantitative estimate of drug-likeness (QED) is 0.0280. The van der Waals surface area contributed by atoms with Crippen molar-refractivity contribution < 1.29 is 37.6 Å². The molecule has 0 aliphatic rings. The van der Waals surface area contributed by atoms with Crippen molar-refractivity contribution in [2.75, 3.05) is 20.3 Å². The van der Waals surface area contributed by atoms with E-state index in [1.807, 2.05) is 12.2 Å². The van der Waals surface area contributed by atoms with Crippen LogP contribution in [-0.4, -0.2) is 43.3 Å². The van der Waals surface area contributed by atoms with Gasteiger partial charge in [-0.3, -0.25) is 18.6 Å². The Morgan fingerprint density at radius 3 is 1.28 bits per heavy atom. The second-order valence-corrected chi connectivity index (χ2v) is 16.7. The van der Waals surface area contributed by atoms with Crippen LogP contribution in [0.1, 0.15) is 200 Å². The topological polar surface area (TPSA) is 108 Å². The minimum absolute atomic E-state index is 0.118. The number of esters is 2. The maximum Gasteiger partial charge on any atom is 0.472 e. The van der Waals surface area contributed by atoms with Gasteiger partial charge in [-0.2, -0.15) is 0 Å². The number of unbranched alkanes of at least 4 members (excludes halogenated alkanes) is 19. The fourth-order valence-corrected chi connectivity index (χ4v) is 6.67. The van der Waals surface area contributed by atoms with Crippen LogP contribution in [0.4, 0.5) is 0 Å². The molecule has 0 aliphatic carbocycles. The average molecular weight is 833 g/mol. The van der Waals surface area contributed by atoms with Gasteiger partial charge in [0.15, 0.2) is 6.10 Å². The van der Waals surface area contributed by atoms with Gasteiger partial charge in [-0.05, 0) is 51.4 Å². The first-order chi connectivity index (χ1) is 28.3. The molecule has 2 unspecified atom stereocenters. The summed E-state index contributed by atoms with van der Waals surface area (Å²) < 4.78 is 32.0. The van der Waals surface area contributed by atoms with Crippen molar-refractivity contribution >= 4 is 19.8 Å². The number of hydrogen-bond acceptors (Lipinski definition) is 7. The highest BCUT2D eigenvalue weighted by Gasteiger charge is 2.24. The Labute approximate surface area is 355 Å². The van der Waals surface area contributed by atoms with Crippen molar-refractivity contribution in [3.05, 3.63) is 72.9 Å². The van der Waals surface area contributed by atoms with E-state index >= 15 is 0 Å². The van der Waals surface area contributed by atoms with Crippen LogP contribution in [-0.2, 0) is 32.7 Å². The highest BCUT2D eigenvalue weighted by molar-refractivity contribution is 7.47. The largest absolute Gasteiger partial charge is 0.472 e. The molecule has 0 radical (unpaired) electrons. The number of ether oxygens (including phenoxy) is 2. The normalized spacial score (nSPS) is 13.9. The van der Waals surface area contributed by atoms with Gasteiger partial charge in [-0.15, -0.1) is 0 Å². The van der Waals surface area contributed by atoms with E-state index in [0.29, 0.717) is 6.42 Å². The van der Waals surface area contributed by atoms with Crippen molar-refractivity contribution in [2.24, 2.45) is 0 Å². The van der Waals surface area contributed by atoms with Gasteiger partial charge in [-0.1, -0.05) is 209 Å². The first-order valence-corrected chi connectivity index (χ1v) is 24.6. The predicted molar refractivity (Wildman–Crippen MR) is 244 cm³/mol. The zero-order valence-corrected chi connectivity index (χ0v) is 38.1. The number of phosphoric acid groups is 1. The van der Waals surface area contributed by atoms with Crippen LogP contribution in [0.25, 0.3) is 0 Å². The maximum atomic E-state index is 12.5. The molecule has 0 aliphatic heterocycles. The zero-order valence-electron chi connectivity index (χ0n) is 37.2. The van der Waals surface area contributed by atoms with Crippen LogP contribution < -0.4 is 0 Å². The maximum absolute atomic E-state index is 12.5. The van der Waals surface area contributed by atoms with Gasteiger partial charge in [0.25, 0.3) is 0 Å². The lowest BCUT2D eigenvalue weighted by molar-refractivity contribution is -0.161. The fraction of sp³-hybridized carbons (Fsp3) is 0.714. The molecule has 0 saturated heterocycles. The Morgan fingerprint density at radius 1 is 0.500 bits per heavy atom. The molecule has 0 bridgehead atoms. The van der Waals surface area contributed by atoms with Crippen molar-refractivity contribution in [3.8, 4) is 0 Å². The van der Waals surface area contributed by atoms with Gasteiger partial charge in [0.1, 0.15) is 6.61 Å². The minimum Gasteiger partial charge on any atom is -0.462 e. The highest BCUT2D eigenvalue weighted by Crippen LogP contribution is 2.42. The Morgan fingerprint density at radius 2 is 0.879 bits per heavy atom. The number of hydrogen-bond donors (Lipinski definition) is 1. The summed E-state index contributed by atoms with van der Waals surface area (Å²) >= 11 is 0. The van der Waals surface area contributed by atoms with Crippen LogP contribution in [0.2, 0.25) is 0 Å². The van der Waals surface area contributed by atoms with Gasteiger partial charge < -0.3 is 14.4 Å². The molecule has 0 aromatic heterocycles. The number of allylic oxidation sites excluding steroid dienone is 12. The first-order valence-electron chi connectivity index (χ1n) is 23.1. The summed E-state index contributed by atoms with van der Waals surface area (Å²) in [6, 6.07) is 0. The molecule has 0 fully saturated rings. The zero-order chi connectivity index (χ0) is 42.5. The minimum atomic E-state index is -4.29. The fourth-order valence-electron chi connectivity index (χ4n) is 6.21. The number of carbonyl (C=O) groups is 2. The summed E-state index contributed by atoms with van der Waals surface area (Å²) in [7, 11) is -3.24. The summed E-state index contributed by atoms with van der Waals surface area (Å²) in [6.07, 6.45) is 56.9. The lowest BCUT2D eigenvalue weighted by Crippen LogP contribution is -2.29. The molecule has 8 nitrogen and oxygen atoms in total. The molecule has 0 rings (SSSR count). The highest BCUT2D eigenvalue weighted by atomic mass is 31.2. The second-order valence-electron chi connectivity index (χ2n) is 15.2. The molecule has 58 heavy (non-hydrogen) atoms. The van der Waals surface area contributed by atoms with Gasteiger partial charge >= 0.3 is 19.8 Å². The summed E-state index contributed by atoms with van der Waals surface area (Å²) in [4.78, 5) is 34.5. The van der Waals surface area contributed by atoms with E-state index in [2.05, 4.69) is 79.1 Å². The molecule has 0 saturated carbocycles. The van der Waals surface area contributed by atoms with E-state index in [4.69, 9.17) is 14.0 Å². The molecule has 0 aromatic carbocycles. The molecule has 0 spiro atoms. The summed E-state index contributed by atoms with van der Waals surface area (Å²) in [5.41, 5.74) is 0.